The number of hydrogen-bond donors (Lipinski definition) is 2. The van der Waals surface area contributed by atoms with Gasteiger partial charge in [-0.3, -0.25) is 28.9 Å². The van der Waals surface area contributed by atoms with E-state index in [4.69, 9.17) is 23.4 Å². The van der Waals surface area contributed by atoms with Gasteiger partial charge in [0.25, 0.3) is 11.1 Å². The molecule has 2 aliphatic rings. The van der Waals surface area contributed by atoms with Crippen molar-refractivity contribution in [3.63, 3.8) is 0 Å². The number of ether oxygens (including phenoxy) is 4. The fourth-order valence-corrected chi connectivity index (χ4v) is 11.6. The first-order chi connectivity index (χ1) is 40.5. The van der Waals surface area contributed by atoms with Gasteiger partial charge < -0.3 is 43.8 Å². The molecule has 5 amide bonds. The predicted molar refractivity (Wildman–Crippen MR) is 313 cm³/mol. The van der Waals surface area contributed by atoms with Crippen LogP contribution in [-0.2, 0) is 52.7 Å². The zero-order valence-electron chi connectivity index (χ0n) is 47.6. The summed E-state index contributed by atoms with van der Waals surface area (Å²) >= 11 is 2.17. The number of fused-ring (bicyclic) bond motifs is 1. The number of thioether (sulfide) groups is 1. The number of aryl methyl sites for hydroxylation is 1. The topological polar surface area (TPSA) is 240 Å². The number of nitriles is 1. The summed E-state index contributed by atoms with van der Waals surface area (Å²) in [4.78, 5) is 105. The maximum absolute atomic E-state index is 14.7. The third kappa shape index (κ3) is 15.1. The van der Waals surface area contributed by atoms with E-state index in [2.05, 4.69) is 20.5 Å². The van der Waals surface area contributed by atoms with Gasteiger partial charge in [-0.25, -0.2) is 14.6 Å². The van der Waals surface area contributed by atoms with Crippen molar-refractivity contribution in [3.8, 4) is 33.4 Å². The largest absolute Gasteiger partial charge is 0.508 e. The van der Waals surface area contributed by atoms with Crippen molar-refractivity contribution in [2.75, 3.05) is 51.4 Å². The van der Waals surface area contributed by atoms with Crippen molar-refractivity contribution in [1.82, 2.24) is 25.4 Å². The number of halogens is 3. The van der Waals surface area contributed by atoms with Crippen molar-refractivity contribution in [1.29, 1.82) is 5.26 Å². The van der Waals surface area contributed by atoms with E-state index in [1.807, 2.05) is 51.1 Å². The number of nitrogens with one attached hydrogen (secondary N) is 2. The van der Waals surface area contributed by atoms with Crippen molar-refractivity contribution in [2.45, 2.75) is 91.9 Å². The maximum Gasteiger partial charge on any atom is 0.508 e. The van der Waals surface area contributed by atoms with Crippen LogP contribution in [0.1, 0.15) is 81.0 Å². The molecule has 19 nitrogen and oxygen atoms in total. The molecule has 0 saturated carbocycles. The van der Waals surface area contributed by atoms with Gasteiger partial charge in [-0.1, -0.05) is 63.2 Å². The van der Waals surface area contributed by atoms with Crippen LogP contribution in [0.4, 0.5) is 28.4 Å². The summed E-state index contributed by atoms with van der Waals surface area (Å²) in [6.45, 7) is 11.6. The minimum absolute atomic E-state index is 0.0353. The molecule has 4 heterocycles. The molecule has 0 bridgehead atoms. The Bertz CT molecular complexity index is 3640. The van der Waals surface area contributed by atoms with Crippen LogP contribution in [0.25, 0.3) is 38.6 Å². The number of likely N-dealkylation sites (tertiary alicyclic amines) is 1. The molecule has 6 aromatic rings. The molecular formula is C61H62F3N7O12S2. The Morgan fingerprint density at radius 3 is 2.36 bits per heavy atom. The summed E-state index contributed by atoms with van der Waals surface area (Å²) in [5.74, 6) is -2.34. The number of benzene rings is 4. The molecule has 8 rings (SSSR count). The van der Waals surface area contributed by atoms with Crippen LogP contribution in [-0.4, -0.2) is 114 Å². The van der Waals surface area contributed by atoms with Crippen LogP contribution in [0, 0.1) is 23.7 Å². The second-order valence-corrected chi connectivity index (χ2v) is 22.9. The van der Waals surface area contributed by atoms with Gasteiger partial charge >= 0.3 is 18.0 Å². The number of amides is 5. The zero-order valence-corrected chi connectivity index (χ0v) is 49.3. The van der Waals surface area contributed by atoms with Gasteiger partial charge in [-0.05, 0) is 96.6 Å². The van der Waals surface area contributed by atoms with E-state index >= 15 is 0 Å². The third-order valence-electron chi connectivity index (χ3n) is 14.3. The highest BCUT2D eigenvalue weighted by Crippen LogP contribution is 2.42. The Balaban J connectivity index is 0.888. The van der Waals surface area contributed by atoms with Gasteiger partial charge in [0.15, 0.2) is 0 Å². The average Bonchev–Trinajstić information content (AvgIpc) is 3.37. The summed E-state index contributed by atoms with van der Waals surface area (Å²) in [6, 6.07) is 21.1. The molecule has 24 heteroatoms. The van der Waals surface area contributed by atoms with E-state index in [1.165, 1.54) is 65.8 Å². The summed E-state index contributed by atoms with van der Waals surface area (Å²) in [6.07, 6.45) is -5.86. The monoisotopic (exact) mass is 1210 g/mol. The van der Waals surface area contributed by atoms with Crippen LogP contribution in [0.2, 0.25) is 0 Å². The molecule has 2 fully saturated rings. The number of hydrogen-bond acceptors (Lipinski definition) is 17. The standard InChI is InChI=1S/C61H62F3N7O12S2/c1-8-69(9-2)41-16-19-43-40(27-52(73)83-49(43)28-41)33-81-59(78)82-42-29-47(55(74)66-31-36-10-14-39(15-11-36)53-35(3)67-34-84-53)71(32-42)57(76)54(60(4,5)6)68-51(72)20-22-80-23-21-70-56(75)50(85-58(70)77)26-37-12-18-45(48(25-37)79-7)44-17-13-38(30-65)24-46(44)61(62,63)64/h10-19,24-28,34,42,47,54H,8-9,20-23,29,31-33H2,1-7H3,(H,66,74)(H,68,72)/b50-26+/t42-,47+,54-/m1/s1. The molecule has 2 aromatic heterocycles. The van der Waals surface area contributed by atoms with E-state index in [-0.39, 0.29) is 79.6 Å². The third-order valence-corrected chi connectivity index (χ3v) is 16.2. The summed E-state index contributed by atoms with van der Waals surface area (Å²) in [5, 5.41) is 14.9. The van der Waals surface area contributed by atoms with Crippen molar-refractivity contribution in [2.24, 2.45) is 5.41 Å². The number of carbonyl (C=O) groups excluding carboxylic acids is 6. The predicted octanol–water partition coefficient (Wildman–Crippen LogP) is 10.3. The quantitative estimate of drug-likeness (QED) is 0.0295. The van der Waals surface area contributed by atoms with E-state index in [1.54, 1.807) is 44.5 Å². The fraction of sp³-hybridized carbons (Fsp3) is 0.361. The molecular weight excluding hydrogens is 1140 g/mol. The molecule has 0 spiro atoms. The zero-order chi connectivity index (χ0) is 61.3. The number of alkyl halides is 3. The van der Waals surface area contributed by atoms with Gasteiger partial charge in [0.1, 0.15) is 36.1 Å². The van der Waals surface area contributed by atoms with Crippen LogP contribution < -0.4 is 25.9 Å². The molecule has 2 saturated heterocycles. The van der Waals surface area contributed by atoms with E-state index in [9.17, 15) is 52.0 Å². The summed E-state index contributed by atoms with van der Waals surface area (Å²) in [5.41, 5.74) is 3.41. The van der Waals surface area contributed by atoms with Gasteiger partial charge in [-0.15, -0.1) is 11.3 Å². The van der Waals surface area contributed by atoms with Gasteiger partial charge in [0.05, 0.1) is 71.6 Å². The number of thiazole rings is 1. The Kier molecular flexibility index (Phi) is 19.9. The molecule has 4 aromatic carbocycles. The first-order valence-corrected chi connectivity index (χ1v) is 28.8. The highest BCUT2D eigenvalue weighted by Gasteiger charge is 2.46. The minimum Gasteiger partial charge on any atom is -0.496 e. The van der Waals surface area contributed by atoms with Gasteiger partial charge in [0, 0.05) is 66.8 Å². The van der Waals surface area contributed by atoms with Crippen molar-refractivity contribution in [3.05, 3.63) is 139 Å². The van der Waals surface area contributed by atoms with Crippen LogP contribution in [0.3, 0.4) is 0 Å². The minimum atomic E-state index is -4.77. The maximum atomic E-state index is 14.7. The van der Waals surface area contributed by atoms with Crippen LogP contribution in [0.15, 0.2) is 105 Å². The Labute approximate surface area is 496 Å². The first kappa shape index (κ1) is 62.5. The number of anilines is 1. The highest BCUT2D eigenvalue weighted by molar-refractivity contribution is 8.18. The smallest absolute Gasteiger partial charge is 0.496 e. The summed E-state index contributed by atoms with van der Waals surface area (Å²) in [7, 11) is 1.27. The second kappa shape index (κ2) is 27.0. The molecule has 3 atom stereocenters. The average molecular weight is 1210 g/mol. The van der Waals surface area contributed by atoms with E-state index in [0.717, 1.165) is 51.4 Å². The van der Waals surface area contributed by atoms with E-state index in [0.29, 0.717) is 33.9 Å². The van der Waals surface area contributed by atoms with Crippen LogP contribution in [0.5, 0.6) is 5.75 Å². The number of nitrogens with zero attached hydrogens (tertiary/aromatic N) is 5. The molecule has 85 heavy (non-hydrogen) atoms. The lowest BCUT2D eigenvalue weighted by atomic mass is 9.85. The molecule has 446 valence electrons. The lowest BCUT2D eigenvalue weighted by Gasteiger charge is -2.35. The van der Waals surface area contributed by atoms with Crippen molar-refractivity contribution < 1.29 is 65.3 Å². The fourth-order valence-electron chi connectivity index (χ4n) is 9.88. The number of carbonyl (C=O) groups is 6. The first-order valence-electron chi connectivity index (χ1n) is 27.1. The Hall–Kier alpha value is -8.53. The van der Waals surface area contributed by atoms with Gasteiger partial charge in [-0.2, -0.15) is 18.4 Å². The molecule has 2 N–H and O–H groups in total. The van der Waals surface area contributed by atoms with E-state index < -0.39 is 76.0 Å². The summed E-state index contributed by atoms with van der Waals surface area (Å²) < 4.78 is 70.0. The molecule has 2 aliphatic heterocycles. The Morgan fingerprint density at radius 1 is 0.953 bits per heavy atom. The number of methoxy groups -OCH3 is 1. The lowest BCUT2D eigenvalue weighted by Crippen LogP contribution is -2.57. The molecule has 0 unspecified atom stereocenters. The highest BCUT2D eigenvalue weighted by atomic mass is 32.2. The number of rotatable bonds is 21. The van der Waals surface area contributed by atoms with Crippen molar-refractivity contribution >= 4 is 80.9 Å². The SMILES string of the molecule is CCN(CC)c1ccc2c(COC(=O)O[C@@H]3C[C@@H](C(=O)NCc4ccc(-c5scnc5C)cc4)N(C(=O)[C@@H](NC(=O)CCOCCN4C(=O)S/C(=C/c5ccc(-c6ccc(C#N)cc6C(F)(F)F)c(OC)c5)C4=O)C(C)(C)C)C3)cc(=O)oc2c1. The van der Waals surface area contributed by atoms with Gasteiger partial charge in [0.2, 0.25) is 17.7 Å². The number of aromatic nitrogens is 1. The molecule has 0 aliphatic carbocycles. The molecule has 0 radical (unpaired) electrons. The van der Waals surface area contributed by atoms with Crippen LogP contribution >= 0.6 is 23.1 Å². The Morgan fingerprint density at radius 2 is 1.69 bits per heavy atom. The lowest BCUT2D eigenvalue weighted by molar-refractivity contribution is -0.144. The second-order valence-electron chi connectivity index (χ2n) is 21.0. The normalized spacial score (nSPS) is 16.1. The number of imide groups is 1.